The van der Waals surface area contributed by atoms with Gasteiger partial charge in [0, 0.05) is 5.92 Å². The minimum Gasteiger partial charge on any atom is -0.0836 e. The van der Waals surface area contributed by atoms with E-state index in [1.54, 1.807) is 0 Å². The molecule has 1 aliphatic rings. The van der Waals surface area contributed by atoms with Crippen molar-refractivity contribution in [3.05, 3.63) is 109 Å². The first-order valence-electron chi connectivity index (χ1n) is 13.5. The van der Waals surface area contributed by atoms with Crippen LogP contribution in [0.3, 0.4) is 0 Å². The Morgan fingerprint density at radius 1 is 0.471 bits per heavy atom. The van der Waals surface area contributed by atoms with Crippen LogP contribution in [0.25, 0.3) is 22.3 Å². The summed E-state index contributed by atoms with van der Waals surface area (Å²) in [6.07, 6.45) is 9.92. The molecule has 0 N–H and O–H groups in total. The number of benzene rings is 3. The van der Waals surface area contributed by atoms with E-state index >= 15 is 0 Å². The third-order valence-corrected chi connectivity index (χ3v) is 4.58. The average molecular weight is 459 g/mol. The van der Waals surface area contributed by atoms with Crippen molar-refractivity contribution >= 4 is 0 Å². The van der Waals surface area contributed by atoms with E-state index in [1.165, 1.54) is 27.8 Å². The largest absolute Gasteiger partial charge is 0.0836 e. The molecule has 34 heavy (non-hydrogen) atoms. The molecule has 0 amide bonds. The summed E-state index contributed by atoms with van der Waals surface area (Å²) in [6.45, 7) is 20.0. The molecule has 0 spiro atoms. The van der Waals surface area contributed by atoms with Crippen molar-refractivity contribution in [2.24, 2.45) is 0 Å². The summed E-state index contributed by atoms with van der Waals surface area (Å²) in [5.41, 5.74) is 6.50. The first-order chi connectivity index (χ1) is 16.9. The molecule has 0 bridgehead atoms. The van der Waals surface area contributed by atoms with Crippen LogP contribution in [0.15, 0.2) is 103 Å². The van der Waals surface area contributed by atoms with Gasteiger partial charge in [0.2, 0.25) is 0 Å². The fourth-order valence-electron chi connectivity index (χ4n) is 3.29. The zero-order chi connectivity index (χ0) is 26.2. The van der Waals surface area contributed by atoms with Crippen LogP contribution in [0.4, 0.5) is 0 Å². The predicted molar refractivity (Wildman–Crippen MR) is 160 cm³/mol. The summed E-state index contributed by atoms with van der Waals surface area (Å²) >= 11 is 0. The summed E-state index contributed by atoms with van der Waals surface area (Å²) < 4.78 is 0. The highest BCUT2D eigenvalue weighted by Gasteiger charge is 2.12. The Morgan fingerprint density at radius 2 is 0.882 bits per heavy atom. The summed E-state index contributed by atoms with van der Waals surface area (Å²) in [6, 6.07) is 28.3. The monoisotopic (exact) mass is 458 g/mol. The van der Waals surface area contributed by atoms with Gasteiger partial charge in [-0.05, 0) is 40.3 Å². The first kappa shape index (κ1) is 33.3. The zero-order valence-electron chi connectivity index (χ0n) is 23.6. The van der Waals surface area contributed by atoms with Crippen molar-refractivity contribution < 1.29 is 0 Å². The molecule has 0 aliphatic heterocycles. The lowest BCUT2D eigenvalue weighted by Gasteiger charge is -2.17. The average Bonchev–Trinajstić information content (AvgIpc) is 2.99. The maximum Gasteiger partial charge on any atom is 0.00561 e. The summed E-state index contributed by atoms with van der Waals surface area (Å²) in [4.78, 5) is 0. The van der Waals surface area contributed by atoms with E-state index < -0.39 is 0 Å². The van der Waals surface area contributed by atoms with Crippen molar-refractivity contribution in [1.29, 1.82) is 0 Å². The van der Waals surface area contributed by atoms with Crippen LogP contribution in [0, 0.1) is 0 Å². The maximum atomic E-state index is 2.34. The third kappa shape index (κ3) is 11.3. The SMILES string of the molecule is C1=CCC(c2cc(-c3ccccc3)cc(-c3ccccc3)c2)C=C1.CC.CC.CC.CC.CC. The van der Waals surface area contributed by atoms with Crippen LogP contribution in [-0.4, -0.2) is 0 Å². The van der Waals surface area contributed by atoms with Crippen LogP contribution in [0.1, 0.15) is 87.1 Å². The van der Waals surface area contributed by atoms with Gasteiger partial charge >= 0.3 is 0 Å². The Labute approximate surface area is 212 Å². The Morgan fingerprint density at radius 3 is 1.24 bits per heavy atom. The van der Waals surface area contributed by atoms with Crippen molar-refractivity contribution in [3.8, 4) is 22.3 Å². The normalized spacial score (nSPS) is 12.4. The second kappa shape index (κ2) is 23.3. The second-order valence-electron chi connectivity index (χ2n) is 6.23. The molecule has 0 heteroatoms. The third-order valence-electron chi connectivity index (χ3n) is 4.58. The van der Waals surface area contributed by atoms with E-state index in [2.05, 4.69) is 103 Å². The smallest absolute Gasteiger partial charge is 0.00561 e. The van der Waals surface area contributed by atoms with Gasteiger partial charge in [0.1, 0.15) is 0 Å². The molecule has 0 saturated carbocycles. The molecule has 0 aromatic heterocycles. The lowest BCUT2D eigenvalue weighted by Crippen LogP contribution is -1.97. The quantitative estimate of drug-likeness (QED) is 0.366. The molecule has 0 saturated heterocycles. The molecule has 1 aliphatic carbocycles. The fraction of sp³-hybridized carbons (Fsp3) is 0.353. The van der Waals surface area contributed by atoms with Gasteiger partial charge in [0.15, 0.2) is 0 Å². The zero-order valence-corrected chi connectivity index (χ0v) is 23.6. The highest BCUT2D eigenvalue weighted by atomic mass is 14.2. The number of rotatable bonds is 3. The van der Waals surface area contributed by atoms with Gasteiger partial charge in [0.05, 0.1) is 0 Å². The number of allylic oxidation sites excluding steroid dienone is 4. The Hall–Kier alpha value is -2.86. The summed E-state index contributed by atoms with van der Waals surface area (Å²) in [7, 11) is 0. The Balaban J connectivity index is 0. The molecule has 0 nitrogen and oxygen atoms in total. The molecule has 1 atom stereocenters. The lowest BCUT2D eigenvalue weighted by atomic mass is 9.87. The van der Waals surface area contributed by atoms with Crippen molar-refractivity contribution in [2.75, 3.05) is 0 Å². The molecule has 186 valence electrons. The van der Waals surface area contributed by atoms with E-state index in [1.807, 2.05) is 69.2 Å². The van der Waals surface area contributed by atoms with Gasteiger partial charge in [-0.2, -0.15) is 0 Å². The van der Waals surface area contributed by atoms with Gasteiger partial charge in [-0.25, -0.2) is 0 Å². The Bertz CT molecular complexity index is 813. The fourth-order valence-corrected chi connectivity index (χ4v) is 3.29. The van der Waals surface area contributed by atoms with Gasteiger partial charge in [-0.15, -0.1) is 0 Å². The van der Waals surface area contributed by atoms with Crippen molar-refractivity contribution in [1.82, 2.24) is 0 Å². The summed E-state index contributed by atoms with van der Waals surface area (Å²) in [5, 5.41) is 0. The van der Waals surface area contributed by atoms with Gasteiger partial charge in [-0.1, -0.05) is 166 Å². The van der Waals surface area contributed by atoms with E-state index in [0.29, 0.717) is 5.92 Å². The number of hydrogen-bond donors (Lipinski definition) is 0. The van der Waals surface area contributed by atoms with E-state index in [4.69, 9.17) is 0 Å². The van der Waals surface area contributed by atoms with E-state index in [-0.39, 0.29) is 0 Å². The second-order valence-corrected chi connectivity index (χ2v) is 6.23. The lowest BCUT2D eigenvalue weighted by molar-refractivity contribution is 0.854. The predicted octanol–water partition coefficient (Wildman–Crippen LogP) is 11.8. The minimum absolute atomic E-state index is 0.459. The minimum atomic E-state index is 0.459. The summed E-state index contributed by atoms with van der Waals surface area (Å²) in [5.74, 6) is 0.459. The van der Waals surface area contributed by atoms with Gasteiger partial charge < -0.3 is 0 Å². The molecule has 0 heterocycles. The molecular formula is C34H50. The molecule has 4 rings (SSSR count). The maximum absolute atomic E-state index is 2.34. The molecule has 0 fully saturated rings. The van der Waals surface area contributed by atoms with Crippen LogP contribution >= 0.6 is 0 Å². The number of hydrogen-bond acceptors (Lipinski definition) is 0. The van der Waals surface area contributed by atoms with Gasteiger partial charge in [0.25, 0.3) is 0 Å². The first-order valence-corrected chi connectivity index (χ1v) is 13.5. The molecule has 0 radical (unpaired) electrons. The van der Waals surface area contributed by atoms with Crippen molar-refractivity contribution in [3.63, 3.8) is 0 Å². The van der Waals surface area contributed by atoms with Gasteiger partial charge in [-0.3, -0.25) is 0 Å². The highest BCUT2D eigenvalue weighted by molar-refractivity contribution is 5.74. The van der Waals surface area contributed by atoms with Crippen LogP contribution in [0.5, 0.6) is 0 Å². The standard InChI is InChI=1S/C24H20.5C2H6/c1-4-10-19(11-5-1)22-16-23(20-12-6-2-7-13-20)18-24(17-22)21-14-8-3-9-15-21;5*1-2/h1-14,16-18,21H,15H2;5*1-2H3. The Kier molecular flexibility index (Phi) is 22.8. The van der Waals surface area contributed by atoms with E-state index in [0.717, 1.165) is 6.42 Å². The molecule has 3 aromatic carbocycles. The van der Waals surface area contributed by atoms with Crippen LogP contribution < -0.4 is 0 Å². The van der Waals surface area contributed by atoms with Crippen LogP contribution in [-0.2, 0) is 0 Å². The molecule has 3 aromatic rings. The van der Waals surface area contributed by atoms with E-state index in [9.17, 15) is 0 Å². The molecular weight excluding hydrogens is 408 g/mol. The topological polar surface area (TPSA) is 0 Å². The van der Waals surface area contributed by atoms with Crippen LogP contribution in [0.2, 0.25) is 0 Å². The molecule has 1 unspecified atom stereocenters. The highest BCUT2D eigenvalue weighted by Crippen LogP contribution is 2.33. The van der Waals surface area contributed by atoms with Crippen molar-refractivity contribution in [2.45, 2.75) is 81.6 Å².